The number of carbonyl (C=O) groups is 3. The van der Waals surface area contributed by atoms with Gasteiger partial charge in [0.25, 0.3) is 0 Å². The maximum Gasteiger partial charge on any atom is 0.306 e. The van der Waals surface area contributed by atoms with E-state index >= 15 is 0 Å². The van der Waals surface area contributed by atoms with E-state index in [1.807, 2.05) is 21.1 Å². The molecule has 74 heavy (non-hydrogen) atoms. The van der Waals surface area contributed by atoms with Crippen molar-refractivity contribution in [1.29, 1.82) is 0 Å². The van der Waals surface area contributed by atoms with E-state index < -0.39 is 24.3 Å². The molecule has 0 fully saturated rings. The van der Waals surface area contributed by atoms with Gasteiger partial charge in [-0.3, -0.25) is 9.59 Å². The number of likely N-dealkylation sites (N-methyl/N-ethyl adjacent to an activating group) is 1. The minimum Gasteiger partial charge on any atom is -0.545 e. The Morgan fingerprint density at radius 3 is 1.15 bits per heavy atom. The van der Waals surface area contributed by atoms with Crippen molar-refractivity contribution in [2.45, 2.75) is 264 Å². The molecule has 0 aromatic rings. The highest BCUT2D eigenvalue weighted by Crippen LogP contribution is 2.16. The van der Waals surface area contributed by atoms with Crippen LogP contribution in [0.3, 0.4) is 0 Å². The number of esters is 2. The van der Waals surface area contributed by atoms with Crippen LogP contribution in [-0.2, 0) is 33.3 Å². The van der Waals surface area contributed by atoms with Crippen molar-refractivity contribution in [2.75, 3.05) is 47.5 Å². The summed E-state index contributed by atoms with van der Waals surface area (Å²) in [5.41, 5.74) is 0. The lowest BCUT2D eigenvalue weighted by Gasteiger charge is -2.26. The molecule has 9 heteroatoms. The van der Waals surface area contributed by atoms with E-state index in [1.165, 1.54) is 122 Å². The number of quaternary nitrogens is 1. The second-order valence-electron chi connectivity index (χ2n) is 21.3. The Morgan fingerprint density at radius 1 is 0.419 bits per heavy atom. The van der Waals surface area contributed by atoms with Crippen LogP contribution in [0.25, 0.3) is 0 Å². The molecule has 0 aliphatic rings. The fourth-order valence-electron chi connectivity index (χ4n) is 8.23. The van der Waals surface area contributed by atoms with Gasteiger partial charge in [-0.2, -0.15) is 0 Å². The lowest BCUT2D eigenvalue weighted by Crippen LogP contribution is -2.44. The van der Waals surface area contributed by atoms with E-state index in [0.29, 0.717) is 17.4 Å². The van der Waals surface area contributed by atoms with Crippen LogP contribution in [0.15, 0.2) is 85.1 Å². The molecular weight excluding hydrogens is 923 g/mol. The normalized spacial score (nSPS) is 13.4. The fourth-order valence-corrected chi connectivity index (χ4v) is 8.23. The molecule has 0 rings (SSSR count). The molecule has 9 nitrogen and oxygen atoms in total. The van der Waals surface area contributed by atoms with Crippen molar-refractivity contribution in [1.82, 2.24) is 0 Å². The zero-order valence-electron chi connectivity index (χ0n) is 48.4. The van der Waals surface area contributed by atoms with Crippen LogP contribution in [0.1, 0.15) is 251 Å². The maximum atomic E-state index is 12.9. The second-order valence-corrected chi connectivity index (χ2v) is 21.3. The Morgan fingerprint density at radius 2 is 0.770 bits per heavy atom. The molecular formula is C65H113NO8. The first-order valence-electron chi connectivity index (χ1n) is 30.2. The van der Waals surface area contributed by atoms with Crippen LogP contribution < -0.4 is 5.11 Å². The van der Waals surface area contributed by atoms with E-state index in [1.54, 1.807) is 0 Å². The van der Waals surface area contributed by atoms with Crippen LogP contribution in [0.5, 0.6) is 0 Å². The third-order valence-corrected chi connectivity index (χ3v) is 12.9. The summed E-state index contributed by atoms with van der Waals surface area (Å²) in [6.45, 7) is 4.58. The van der Waals surface area contributed by atoms with Gasteiger partial charge in [0, 0.05) is 12.8 Å². The lowest BCUT2D eigenvalue weighted by molar-refractivity contribution is -0.870. The molecule has 0 aliphatic carbocycles. The summed E-state index contributed by atoms with van der Waals surface area (Å²) < 4.78 is 22.7. The largest absolute Gasteiger partial charge is 0.545 e. The van der Waals surface area contributed by atoms with Crippen molar-refractivity contribution < 1.29 is 42.9 Å². The van der Waals surface area contributed by atoms with E-state index in [2.05, 4.69) is 98.9 Å². The number of hydrogen-bond donors (Lipinski definition) is 0. The summed E-state index contributed by atoms with van der Waals surface area (Å²) in [5.74, 6) is -2.30. The molecule has 0 spiro atoms. The standard InChI is InChI=1S/C65H113NO8/c1-6-8-10-12-14-16-18-20-22-23-24-25-26-27-28-29-30-31-32-33-34-35-36-37-38-39-40-41-42-44-46-48-50-52-54-56-63(68)74-61(60-73-65(64(69)70)71-58-57-66(3,4)5)59-72-62(67)55-53-51-49-47-45-43-21-19-17-15-13-11-9-7-2/h8,10,13-16,19-22,24-25,27-28,61,65H,6-7,9,11-12,17-18,23,26,29-60H2,1-5H3/b10-8-,15-13-,16-14-,21-19-,22-20-,25-24-,28-27-. The molecule has 0 saturated carbocycles. The summed E-state index contributed by atoms with van der Waals surface area (Å²) in [6.07, 6.45) is 70.8. The lowest BCUT2D eigenvalue weighted by atomic mass is 10.0. The number of nitrogens with zero attached hydrogens (tertiary/aromatic N) is 1. The van der Waals surface area contributed by atoms with Gasteiger partial charge >= 0.3 is 11.9 Å². The molecule has 2 unspecified atom stereocenters. The average Bonchev–Trinajstić information content (AvgIpc) is 3.37. The summed E-state index contributed by atoms with van der Waals surface area (Å²) in [5, 5.41) is 11.8. The van der Waals surface area contributed by atoms with Crippen molar-refractivity contribution in [3.05, 3.63) is 85.1 Å². The third kappa shape index (κ3) is 56.2. The van der Waals surface area contributed by atoms with Crippen molar-refractivity contribution >= 4 is 17.9 Å². The fraction of sp³-hybridized carbons (Fsp3) is 0.738. The summed E-state index contributed by atoms with van der Waals surface area (Å²) in [7, 11) is 5.92. The molecule has 0 aliphatic heterocycles. The van der Waals surface area contributed by atoms with Crippen LogP contribution in [-0.4, -0.2) is 82.3 Å². The van der Waals surface area contributed by atoms with Gasteiger partial charge in [0.1, 0.15) is 13.2 Å². The number of hydrogen-bond acceptors (Lipinski definition) is 8. The Hall–Kier alpha value is -3.53. The first-order chi connectivity index (χ1) is 36.1. The predicted molar refractivity (Wildman–Crippen MR) is 311 cm³/mol. The number of ether oxygens (including phenoxy) is 4. The van der Waals surface area contributed by atoms with Gasteiger partial charge < -0.3 is 33.3 Å². The van der Waals surface area contributed by atoms with Gasteiger partial charge in [-0.1, -0.05) is 240 Å². The van der Waals surface area contributed by atoms with Crippen molar-refractivity contribution in [3.8, 4) is 0 Å². The average molecular weight is 1040 g/mol. The molecule has 0 bridgehead atoms. The van der Waals surface area contributed by atoms with Crippen LogP contribution in [0, 0.1) is 0 Å². The SMILES string of the molecule is CC/C=C\C/C=C\C/C=C\C/C=C\C/C=C\CCCCCCCCCCCCCCCCCCCCCC(=O)OC(COC(=O)CCCCCCC/C=C\C/C=C\CCCC)COC(OCC[N+](C)(C)C)C(=O)[O-]. The van der Waals surface area contributed by atoms with Crippen LogP contribution in [0.2, 0.25) is 0 Å². The van der Waals surface area contributed by atoms with Crippen LogP contribution >= 0.6 is 0 Å². The highest BCUT2D eigenvalue weighted by Gasteiger charge is 2.22. The zero-order chi connectivity index (χ0) is 54.1. The molecule has 0 aromatic heterocycles. The quantitative estimate of drug-likeness (QED) is 0.0195. The summed E-state index contributed by atoms with van der Waals surface area (Å²) >= 11 is 0. The molecule has 0 saturated heterocycles. The van der Waals surface area contributed by atoms with E-state index in [9.17, 15) is 19.5 Å². The maximum absolute atomic E-state index is 12.9. The van der Waals surface area contributed by atoms with Crippen molar-refractivity contribution in [3.63, 3.8) is 0 Å². The Bertz CT molecular complexity index is 1490. The molecule has 0 N–H and O–H groups in total. The van der Waals surface area contributed by atoms with E-state index in [0.717, 1.165) is 96.3 Å². The van der Waals surface area contributed by atoms with E-state index in [4.69, 9.17) is 18.9 Å². The zero-order valence-corrected chi connectivity index (χ0v) is 48.4. The topological polar surface area (TPSA) is 111 Å². The molecule has 0 amide bonds. The summed E-state index contributed by atoms with van der Waals surface area (Å²) in [6, 6.07) is 0. The highest BCUT2D eigenvalue weighted by atomic mass is 16.7. The molecule has 0 radical (unpaired) electrons. The summed E-state index contributed by atoms with van der Waals surface area (Å²) in [4.78, 5) is 37.2. The number of rotatable bonds is 55. The van der Waals surface area contributed by atoms with Crippen molar-refractivity contribution in [2.24, 2.45) is 0 Å². The number of unbranched alkanes of at least 4 members (excludes halogenated alkanes) is 26. The Balaban J connectivity index is 4.07. The third-order valence-electron chi connectivity index (χ3n) is 12.9. The second kappa shape index (κ2) is 55.7. The minimum absolute atomic E-state index is 0.144. The smallest absolute Gasteiger partial charge is 0.306 e. The van der Waals surface area contributed by atoms with E-state index in [-0.39, 0.29) is 38.6 Å². The number of carbonyl (C=O) groups excluding carboxylic acids is 3. The van der Waals surface area contributed by atoms with Gasteiger partial charge in [0.15, 0.2) is 12.4 Å². The number of allylic oxidation sites excluding steroid dienone is 14. The molecule has 2 atom stereocenters. The molecule has 426 valence electrons. The number of carboxylic acid groups (broad SMARTS) is 1. The first-order valence-corrected chi connectivity index (χ1v) is 30.2. The monoisotopic (exact) mass is 1040 g/mol. The van der Waals surface area contributed by atoms with Gasteiger partial charge in [-0.05, 0) is 83.5 Å². The minimum atomic E-state index is -1.63. The number of carboxylic acids is 1. The van der Waals surface area contributed by atoms with Gasteiger partial charge in [0.05, 0.1) is 40.3 Å². The first kappa shape index (κ1) is 70.5. The predicted octanol–water partition coefficient (Wildman–Crippen LogP) is 16.6. The Kier molecular flexibility index (Phi) is 53.0. The molecule has 0 heterocycles. The molecule has 0 aromatic carbocycles. The van der Waals surface area contributed by atoms with Crippen LogP contribution in [0.4, 0.5) is 0 Å². The van der Waals surface area contributed by atoms with Gasteiger partial charge in [0.2, 0.25) is 0 Å². The van der Waals surface area contributed by atoms with Gasteiger partial charge in [-0.25, -0.2) is 0 Å². The Labute approximate surface area is 455 Å². The van der Waals surface area contributed by atoms with Gasteiger partial charge in [-0.15, -0.1) is 0 Å². The highest BCUT2D eigenvalue weighted by molar-refractivity contribution is 5.70. The number of aliphatic carboxylic acids is 1.